The number of hydrogen-bond donors (Lipinski definition) is 1. The number of nitrogens with zero attached hydrogens (tertiary/aromatic N) is 1. The van der Waals surface area contributed by atoms with E-state index < -0.39 is 0 Å². The van der Waals surface area contributed by atoms with Crippen molar-refractivity contribution in [2.75, 3.05) is 12.4 Å². The van der Waals surface area contributed by atoms with Crippen LogP contribution < -0.4 is 10.1 Å². The second kappa shape index (κ2) is 5.96. The molecule has 0 fully saturated rings. The molecule has 0 saturated carbocycles. The lowest BCUT2D eigenvalue weighted by Gasteiger charge is -2.12. The first-order valence-corrected chi connectivity index (χ1v) is 6.75. The highest BCUT2D eigenvalue weighted by Gasteiger charge is 2.04. The van der Waals surface area contributed by atoms with Crippen molar-refractivity contribution in [2.45, 2.75) is 20.0 Å². The van der Waals surface area contributed by atoms with E-state index in [1.54, 1.807) is 7.11 Å². The number of rotatable bonds is 5. The quantitative estimate of drug-likeness (QED) is 0.907. The largest absolute Gasteiger partial charge is 0.495 e. The zero-order valence-electron chi connectivity index (χ0n) is 10.6. The number of nitrogens with one attached hydrogen (secondary N) is 1. The molecule has 3 nitrogen and oxygen atoms in total. The average molecular weight is 309 g/mol. The van der Waals surface area contributed by atoms with Crippen LogP contribution in [0.4, 0.5) is 5.69 Å². The minimum Gasteiger partial charge on any atom is -0.495 e. The molecule has 0 saturated heterocycles. The van der Waals surface area contributed by atoms with Crippen molar-refractivity contribution in [2.24, 2.45) is 0 Å². The Balaban J connectivity index is 2.12. The molecule has 0 bridgehead atoms. The highest BCUT2D eigenvalue weighted by Crippen LogP contribution is 2.28. The summed E-state index contributed by atoms with van der Waals surface area (Å²) in [5, 5.41) is 3.41. The fourth-order valence-electron chi connectivity index (χ4n) is 1.92. The van der Waals surface area contributed by atoms with Crippen LogP contribution in [0.25, 0.3) is 0 Å². The number of methoxy groups -OCH3 is 1. The summed E-state index contributed by atoms with van der Waals surface area (Å²) < 4.78 is 8.59. The maximum Gasteiger partial charge on any atom is 0.142 e. The number of benzene rings is 1. The van der Waals surface area contributed by atoms with Crippen LogP contribution in [0, 0.1) is 0 Å². The van der Waals surface area contributed by atoms with Crippen molar-refractivity contribution >= 4 is 21.6 Å². The Bertz CT molecular complexity index is 522. The third kappa shape index (κ3) is 2.88. The predicted molar refractivity (Wildman–Crippen MR) is 78.1 cm³/mol. The van der Waals surface area contributed by atoms with Crippen LogP contribution in [0.3, 0.4) is 0 Å². The number of aromatic nitrogens is 1. The lowest BCUT2D eigenvalue weighted by Crippen LogP contribution is -2.06. The van der Waals surface area contributed by atoms with Gasteiger partial charge in [-0.15, -0.1) is 0 Å². The van der Waals surface area contributed by atoms with E-state index in [9.17, 15) is 0 Å². The second-order valence-electron chi connectivity index (χ2n) is 3.98. The molecule has 2 aromatic rings. The molecule has 96 valence electrons. The highest BCUT2D eigenvalue weighted by molar-refractivity contribution is 9.10. The van der Waals surface area contributed by atoms with Gasteiger partial charge < -0.3 is 14.6 Å². The summed E-state index contributed by atoms with van der Waals surface area (Å²) in [6.45, 7) is 3.91. The van der Waals surface area contributed by atoms with Gasteiger partial charge in [-0.3, -0.25) is 0 Å². The van der Waals surface area contributed by atoms with Crippen LogP contribution in [-0.4, -0.2) is 11.7 Å². The number of aryl methyl sites for hydroxylation is 1. The molecular weight excluding hydrogens is 292 g/mol. The Morgan fingerprint density at radius 2 is 2.17 bits per heavy atom. The Kier molecular flexibility index (Phi) is 4.31. The Morgan fingerprint density at radius 1 is 1.33 bits per heavy atom. The smallest absolute Gasteiger partial charge is 0.142 e. The van der Waals surface area contributed by atoms with Gasteiger partial charge >= 0.3 is 0 Å². The number of hydrogen-bond acceptors (Lipinski definition) is 2. The first-order chi connectivity index (χ1) is 8.74. The summed E-state index contributed by atoms with van der Waals surface area (Å²) in [5.41, 5.74) is 2.26. The van der Waals surface area contributed by atoms with E-state index >= 15 is 0 Å². The summed E-state index contributed by atoms with van der Waals surface area (Å²) in [5.74, 6) is 0.854. The van der Waals surface area contributed by atoms with E-state index in [0.29, 0.717) is 0 Å². The van der Waals surface area contributed by atoms with E-state index in [0.717, 1.165) is 29.0 Å². The maximum absolute atomic E-state index is 5.34. The molecule has 0 aliphatic carbocycles. The van der Waals surface area contributed by atoms with Gasteiger partial charge in [-0.2, -0.15) is 0 Å². The third-order valence-corrected chi connectivity index (χ3v) is 3.38. The van der Waals surface area contributed by atoms with Gasteiger partial charge in [-0.25, -0.2) is 0 Å². The predicted octanol–water partition coefficient (Wildman–Crippen LogP) is 3.89. The van der Waals surface area contributed by atoms with Gasteiger partial charge in [0.2, 0.25) is 0 Å². The number of anilines is 1. The normalized spacial score (nSPS) is 10.4. The summed E-state index contributed by atoms with van der Waals surface area (Å²) >= 11 is 3.47. The summed E-state index contributed by atoms with van der Waals surface area (Å²) in [6, 6.07) is 10.1. The zero-order chi connectivity index (χ0) is 13.0. The lowest BCUT2D eigenvalue weighted by atomic mass is 10.3. The van der Waals surface area contributed by atoms with E-state index in [2.05, 4.69) is 51.1 Å². The van der Waals surface area contributed by atoms with Crippen molar-refractivity contribution in [3.63, 3.8) is 0 Å². The van der Waals surface area contributed by atoms with Gasteiger partial charge in [0.1, 0.15) is 5.75 Å². The molecule has 2 rings (SSSR count). The second-order valence-corrected chi connectivity index (χ2v) is 4.90. The van der Waals surface area contributed by atoms with Crippen LogP contribution in [-0.2, 0) is 13.1 Å². The third-order valence-electron chi connectivity index (χ3n) is 2.89. The molecule has 1 aromatic heterocycles. The van der Waals surface area contributed by atoms with Gasteiger partial charge in [0.15, 0.2) is 0 Å². The van der Waals surface area contributed by atoms with Gasteiger partial charge in [0.25, 0.3) is 0 Å². The Hall–Kier alpha value is -1.42. The molecule has 1 N–H and O–H groups in total. The molecule has 0 spiro atoms. The maximum atomic E-state index is 5.34. The lowest BCUT2D eigenvalue weighted by molar-refractivity contribution is 0.416. The summed E-state index contributed by atoms with van der Waals surface area (Å²) in [4.78, 5) is 0. The van der Waals surface area contributed by atoms with Crippen molar-refractivity contribution in [1.82, 2.24) is 4.57 Å². The van der Waals surface area contributed by atoms with E-state index in [4.69, 9.17) is 4.74 Å². The standard InChI is InChI=1S/C14H17BrN2O/c1-3-17-8-4-5-12(17)10-16-13-9-11(15)6-7-14(13)18-2/h4-9,16H,3,10H2,1-2H3. The highest BCUT2D eigenvalue weighted by atomic mass is 79.9. The Labute approximate surface area is 116 Å². The molecule has 0 aliphatic rings. The minimum absolute atomic E-state index is 0.785. The fourth-order valence-corrected chi connectivity index (χ4v) is 2.28. The molecule has 18 heavy (non-hydrogen) atoms. The van der Waals surface area contributed by atoms with Gasteiger partial charge in [-0.1, -0.05) is 15.9 Å². The van der Waals surface area contributed by atoms with Crippen molar-refractivity contribution < 1.29 is 4.74 Å². The molecular formula is C14H17BrN2O. The first kappa shape index (κ1) is 13.0. The SMILES string of the molecule is CCn1cccc1CNc1cc(Br)ccc1OC. The van der Waals surface area contributed by atoms with E-state index in [-0.39, 0.29) is 0 Å². The van der Waals surface area contributed by atoms with Gasteiger partial charge in [0.05, 0.1) is 19.3 Å². The fraction of sp³-hybridized carbons (Fsp3) is 0.286. The Morgan fingerprint density at radius 3 is 2.89 bits per heavy atom. The van der Waals surface area contributed by atoms with Crippen LogP contribution in [0.5, 0.6) is 5.75 Å². The molecule has 0 aliphatic heterocycles. The molecule has 1 heterocycles. The van der Waals surface area contributed by atoms with E-state index in [1.807, 2.05) is 18.2 Å². The van der Waals surface area contributed by atoms with Gasteiger partial charge in [-0.05, 0) is 37.3 Å². The monoisotopic (exact) mass is 308 g/mol. The topological polar surface area (TPSA) is 26.2 Å². The van der Waals surface area contributed by atoms with Crippen molar-refractivity contribution in [1.29, 1.82) is 0 Å². The molecule has 4 heteroatoms. The number of ether oxygens (including phenoxy) is 1. The van der Waals surface area contributed by atoms with E-state index in [1.165, 1.54) is 5.69 Å². The number of halogens is 1. The van der Waals surface area contributed by atoms with Crippen LogP contribution in [0.1, 0.15) is 12.6 Å². The molecule has 1 aromatic carbocycles. The zero-order valence-corrected chi connectivity index (χ0v) is 12.2. The first-order valence-electron chi connectivity index (χ1n) is 5.96. The molecule has 0 amide bonds. The molecule has 0 atom stereocenters. The summed E-state index contributed by atoms with van der Waals surface area (Å²) in [6.07, 6.45) is 2.09. The van der Waals surface area contributed by atoms with Crippen molar-refractivity contribution in [3.8, 4) is 5.75 Å². The summed E-state index contributed by atoms with van der Waals surface area (Å²) in [7, 11) is 1.68. The van der Waals surface area contributed by atoms with Crippen LogP contribution in [0.2, 0.25) is 0 Å². The average Bonchev–Trinajstić information content (AvgIpc) is 2.84. The minimum atomic E-state index is 0.785. The van der Waals surface area contributed by atoms with Crippen LogP contribution in [0.15, 0.2) is 41.0 Å². The van der Waals surface area contributed by atoms with Crippen molar-refractivity contribution in [3.05, 3.63) is 46.7 Å². The molecule has 0 radical (unpaired) electrons. The van der Waals surface area contributed by atoms with Crippen LogP contribution >= 0.6 is 15.9 Å². The molecule has 0 unspecified atom stereocenters. The van der Waals surface area contributed by atoms with Gasteiger partial charge in [0, 0.05) is 22.9 Å².